The maximum Gasteiger partial charge on any atom is 0.466 e. The summed E-state index contributed by atoms with van der Waals surface area (Å²) in [6.45, 7) is 3.04. The normalized spacial score (nSPS) is 16.8. The van der Waals surface area contributed by atoms with E-state index in [1.807, 2.05) is 18.3 Å². The molecule has 1 aromatic heterocycles. The minimum Gasteiger partial charge on any atom is -0.366 e. The fraction of sp³-hybridized carbons (Fsp3) is 0.357. The molecular weight excluding hydrogens is 321 g/mol. The Morgan fingerprint density at radius 2 is 2.04 bits per heavy atom. The van der Waals surface area contributed by atoms with Crippen molar-refractivity contribution in [1.29, 1.82) is 0 Å². The number of nitrogens with one attached hydrogen (secondary N) is 2. The number of benzene rings is 1. The van der Waals surface area contributed by atoms with Crippen LogP contribution in [0.1, 0.15) is 28.4 Å². The molecular formula is C14H20N3O5P. The summed E-state index contributed by atoms with van der Waals surface area (Å²) in [6.07, 6.45) is 3.92. The lowest BCUT2D eigenvalue weighted by Gasteiger charge is -2.24. The average molecular weight is 341 g/mol. The van der Waals surface area contributed by atoms with Gasteiger partial charge in [-0.15, -0.1) is 0 Å². The van der Waals surface area contributed by atoms with Crippen LogP contribution in [-0.2, 0) is 17.4 Å². The van der Waals surface area contributed by atoms with Crippen molar-refractivity contribution < 1.29 is 24.0 Å². The van der Waals surface area contributed by atoms with E-state index in [1.165, 1.54) is 10.9 Å². The van der Waals surface area contributed by atoms with Crippen LogP contribution in [-0.4, -0.2) is 38.2 Å². The molecule has 23 heavy (non-hydrogen) atoms. The van der Waals surface area contributed by atoms with E-state index in [1.54, 1.807) is 0 Å². The quantitative estimate of drug-likeness (QED) is 0.446. The number of carbonyl (C=O) groups is 1. The highest BCUT2D eigenvalue weighted by atomic mass is 31.2. The third-order valence-electron chi connectivity index (χ3n) is 3.71. The smallest absolute Gasteiger partial charge is 0.366 e. The summed E-state index contributed by atoms with van der Waals surface area (Å²) in [7, 11) is -4.64. The fourth-order valence-corrected chi connectivity index (χ4v) is 2.99. The Kier molecular flexibility index (Phi) is 5.23. The maximum atomic E-state index is 11.5. The molecule has 8 nitrogen and oxygen atoms in total. The summed E-state index contributed by atoms with van der Waals surface area (Å²) in [5.41, 5.74) is 9.60. The van der Waals surface area contributed by atoms with Crippen molar-refractivity contribution in [1.82, 2.24) is 10.3 Å². The SMILES string of the molecule is CCNC1Cc2c[nH]c3ccc(C(N)=O)c(c23)C1.O=P(O)(O)O. The van der Waals surface area contributed by atoms with Crippen molar-refractivity contribution in [3.8, 4) is 0 Å². The largest absolute Gasteiger partial charge is 0.466 e. The predicted molar refractivity (Wildman–Crippen MR) is 86.0 cm³/mol. The molecule has 3 rings (SSSR count). The summed E-state index contributed by atoms with van der Waals surface area (Å²) in [4.78, 5) is 36.4. The van der Waals surface area contributed by atoms with E-state index in [2.05, 4.69) is 17.2 Å². The summed E-state index contributed by atoms with van der Waals surface area (Å²) >= 11 is 0. The third kappa shape index (κ3) is 4.40. The minimum atomic E-state index is -4.64. The molecule has 0 fully saturated rings. The molecule has 0 aliphatic heterocycles. The van der Waals surface area contributed by atoms with Crippen molar-refractivity contribution in [2.24, 2.45) is 5.73 Å². The van der Waals surface area contributed by atoms with Gasteiger partial charge in [-0.1, -0.05) is 6.92 Å². The Balaban J connectivity index is 0.000000338. The van der Waals surface area contributed by atoms with Crippen LogP contribution >= 0.6 is 7.82 Å². The Morgan fingerprint density at radius 3 is 2.61 bits per heavy atom. The van der Waals surface area contributed by atoms with E-state index >= 15 is 0 Å². The Labute approximate surface area is 132 Å². The summed E-state index contributed by atoms with van der Waals surface area (Å²) < 4.78 is 8.88. The van der Waals surface area contributed by atoms with Crippen LogP contribution in [0, 0.1) is 0 Å². The molecule has 0 radical (unpaired) electrons. The highest BCUT2D eigenvalue weighted by molar-refractivity contribution is 7.45. The molecule has 0 spiro atoms. The molecule has 1 unspecified atom stereocenters. The first-order chi connectivity index (χ1) is 10.7. The molecule has 0 saturated heterocycles. The molecule has 1 aromatic carbocycles. The van der Waals surface area contributed by atoms with E-state index < -0.39 is 7.82 Å². The van der Waals surface area contributed by atoms with Gasteiger partial charge in [-0.05, 0) is 42.6 Å². The zero-order chi connectivity index (χ0) is 17.2. The van der Waals surface area contributed by atoms with Gasteiger partial charge >= 0.3 is 7.82 Å². The first-order valence-electron chi connectivity index (χ1n) is 7.14. The van der Waals surface area contributed by atoms with Gasteiger partial charge < -0.3 is 30.7 Å². The standard InChI is InChI=1S/C14H17N3O.H3O4P/c1-2-16-9-5-8-7-17-12-4-3-10(14(15)18)11(6-9)13(8)12;1-5(2,3)4/h3-4,7,9,16-17H,2,5-6H2,1H3,(H2,15,18);(H3,1,2,3,4). The summed E-state index contributed by atoms with van der Waals surface area (Å²) in [6, 6.07) is 4.16. The number of hydrogen-bond donors (Lipinski definition) is 6. The van der Waals surface area contributed by atoms with Gasteiger partial charge in [0.15, 0.2) is 0 Å². The summed E-state index contributed by atoms with van der Waals surface area (Å²) in [5.74, 6) is -0.337. The minimum absolute atomic E-state index is 0.337. The number of aromatic amines is 1. The Morgan fingerprint density at radius 1 is 1.39 bits per heavy atom. The highest BCUT2D eigenvalue weighted by Gasteiger charge is 2.24. The van der Waals surface area contributed by atoms with Gasteiger partial charge in [0.05, 0.1) is 0 Å². The van der Waals surface area contributed by atoms with Crippen molar-refractivity contribution in [2.45, 2.75) is 25.8 Å². The number of rotatable bonds is 3. The van der Waals surface area contributed by atoms with Gasteiger partial charge in [0.25, 0.3) is 0 Å². The van der Waals surface area contributed by atoms with Crippen molar-refractivity contribution >= 4 is 24.6 Å². The highest BCUT2D eigenvalue weighted by Crippen LogP contribution is 2.32. The molecule has 1 aliphatic rings. The Hall–Kier alpha value is -1.70. The van der Waals surface area contributed by atoms with Crippen LogP contribution in [0.25, 0.3) is 10.9 Å². The number of amides is 1. The number of phosphoric acid groups is 1. The van der Waals surface area contributed by atoms with Crippen molar-refractivity contribution in [2.75, 3.05) is 6.54 Å². The van der Waals surface area contributed by atoms with Crippen LogP contribution in [0.15, 0.2) is 18.3 Å². The molecule has 1 heterocycles. The number of nitrogens with two attached hydrogens (primary N) is 1. The van der Waals surface area contributed by atoms with Crippen LogP contribution in [0.4, 0.5) is 0 Å². The molecule has 1 aliphatic carbocycles. The van der Waals surface area contributed by atoms with Gasteiger partial charge in [-0.2, -0.15) is 0 Å². The van der Waals surface area contributed by atoms with E-state index in [0.717, 1.165) is 30.5 Å². The molecule has 0 bridgehead atoms. The Bertz CT molecular complexity index is 759. The maximum absolute atomic E-state index is 11.5. The molecule has 1 amide bonds. The second-order valence-corrected chi connectivity index (χ2v) is 6.40. The third-order valence-corrected chi connectivity index (χ3v) is 3.71. The van der Waals surface area contributed by atoms with Gasteiger partial charge in [0.1, 0.15) is 0 Å². The van der Waals surface area contributed by atoms with Gasteiger partial charge in [0.2, 0.25) is 5.91 Å². The number of aromatic nitrogens is 1. The average Bonchev–Trinajstić information content (AvgIpc) is 2.82. The number of primary amides is 1. The predicted octanol–water partition coefficient (Wildman–Crippen LogP) is 0.415. The number of H-pyrrole nitrogens is 1. The van der Waals surface area contributed by atoms with Gasteiger partial charge in [-0.3, -0.25) is 4.79 Å². The van der Waals surface area contributed by atoms with E-state index in [0.29, 0.717) is 11.6 Å². The van der Waals surface area contributed by atoms with Crippen molar-refractivity contribution in [3.05, 3.63) is 35.0 Å². The number of hydrogen-bond acceptors (Lipinski definition) is 3. The van der Waals surface area contributed by atoms with Crippen LogP contribution < -0.4 is 11.1 Å². The lowest BCUT2D eigenvalue weighted by atomic mass is 9.86. The van der Waals surface area contributed by atoms with E-state index in [-0.39, 0.29) is 5.91 Å². The number of likely N-dealkylation sites (N-methyl/N-ethyl adjacent to an activating group) is 1. The van der Waals surface area contributed by atoms with E-state index in [9.17, 15) is 4.79 Å². The van der Waals surface area contributed by atoms with Gasteiger partial charge in [0, 0.05) is 28.7 Å². The lowest BCUT2D eigenvalue weighted by Crippen LogP contribution is -2.35. The van der Waals surface area contributed by atoms with Crippen molar-refractivity contribution in [3.63, 3.8) is 0 Å². The molecule has 0 saturated carbocycles. The summed E-state index contributed by atoms with van der Waals surface area (Å²) in [5, 5.41) is 4.65. The second-order valence-electron chi connectivity index (χ2n) is 5.37. The molecule has 7 N–H and O–H groups in total. The molecule has 2 aromatic rings. The zero-order valence-corrected chi connectivity index (χ0v) is 13.5. The second kappa shape index (κ2) is 6.82. The van der Waals surface area contributed by atoms with Crippen LogP contribution in [0.3, 0.4) is 0 Å². The van der Waals surface area contributed by atoms with Gasteiger partial charge in [-0.25, -0.2) is 4.57 Å². The monoisotopic (exact) mass is 341 g/mol. The molecule has 1 atom stereocenters. The zero-order valence-electron chi connectivity index (χ0n) is 12.6. The first-order valence-corrected chi connectivity index (χ1v) is 8.70. The molecule has 126 valence electrons. The van der Waals surface area contributed by atoms with E-state index in [4.69, 9.17) is 25.0 Å². The number of carbonyl (C=O) groups excluding carboxylic acids is 1. The van der Waals surface area contributed by atoms with Crippen LogP contribution in [0.2, 0.25) is 0 Å². The lowest BCUT2D eigenvalue weighted by molar-refractivity contribution is 0.0999. The molecule has 9 heteroatoms. The fourth-order valence-electron chi connectivity index (χ4n) is 2.99. The van der Waals surface area contributed by atoms with Crippen LogP contribution in [0.5, 0.6) is 0 Å². The first kappa shape index (κ1) is 17.7. The topological polar surface area (TPSA) is 149 Å².